The maximum atomic E-state index is 10.6. The van der Waals surface area contributed by atoms with Gasteiger partial charge in [0.25, 0.3) is 0 Å². The van der Waals surface area contributed by atoms with E-state index >= 15 is 0 Å². The van der Waals surface area contributed by atoms with E-state index in [0.717, 1.165) is 16.7 Å². The molecule has 19 heavy (non-hydrogen) atoms. The third-order valence-corrected chi connectivity index (χ3v) is 3.61. The molecule has 2 rings (SSSR count). The summed E-state index contributed by atoms with van der Waals surface area (Å²) in [6, 6.07) is 15.4. The quantitative estimate of drug-likeness (QED) is 0.840. The van der Waals surface area contributed by atoms with Crippen molar-refractivity contribution in [2.75, 3.05) is 0 Å². The second kappa shape index (κ2) is 5.36. The third-order valence-electron chi connectivity index (χ3n) is 3.26. The van der Waals surface area contributed by atoms with Crippen LogP contribution >= 0.6 is 11.6 Å². The second-order valence-electron chi connectivity index (χ2n) is 5.76. The van der Waals surface area contributed by atoms with E-state index in [1.165, 1.54) is 0 Å². The molecule has 0 aromatic heterocycles. The first-order valence-electron chi connectivity index (χ1n) is 6.43. The van der Waals surface area contributed by atoms with E-state index in [0.29, 0.717) is 5.02 Å². The molecule has 1 unspecified atom stereocenters. The lowest BCUT2D eigenvalue weighted by atomic mass is 9.81. The summed E-state index contributed by atoms with van der Waals surface area (Å²) in [6.45, 7) is 6.43. The third kappa shape index (κ3) is 2.99. The summed E-state index contributed by atoms with van der Waals surface area (Å²) in [7, 11) is 0. The van der Waals surface area contributed by atoms with Crippen molar-refractivity contribution >= 4 is 11.6 Å². The van der Waals surface area contributed by atoms with Gasteiger partial charge in [0.1, 0.15) is 6.10 Å². The molecule has 0 saturated heterocycles. The molecular weight excluding hydrogens is 256 g/mol. The molecule has 2 heteroatoms. The first-order valence-corrected chi connectivity index (χ1v) is 6.81. The molecule has 1 N–H and O–H groups in total. The van der Waals surface area contributed by atoms with Gasteiger partial charge in [-0.2, -0.15) is 0 Å². The zero-order valence-corrected chi connectivity index (χ0v) is 12.3. The van der Waals surface area contributed by atoms with Crippen molar-refractivity contribution in [1.82, 2.24) is 0 Å². The average molecular weight is 275 g/mol. The van der Waals surface area contributed by atoms with Crippen LogP contribution in [0, 0.1) is 0 Å². The molecule has 0 aliphatic rings. The number of hydrogen-bond acceptors (Lipinski definition) is 1. The molecule has 0 aliphatic carbocycles. The van der Waals surface area contributed by atoms with Crippen molar-refractivity contribution < 1.29 is 5.11 Å². The fraction of sp³-hybridized carbons (Fsp3) is 0.294. The highest BCUT2D eigenvalue weighted by Gasteiger charge is 2.23. The van der Waals surface area contributed by atoms with E-state index in [1.54, 1.807) is 6.07 Å². The van der Waals surface area contributed by atoms with Crippen LogP contribution in [0.1, 0.15) is 43.6 Å². The van der Waals surface area contributed by atoms with E-state index in [9.17, 15) is 5.11 Å². The van der Waals surface area contributed by atoms with Crippen LogP contribution in [0.3, 0.4) is 0 Å². The van der Waals surface area contributed by atoms with Crippen LogP contribution in [0.4, 0.5) is 0 Å². The van der Waals surface area contributed by atoms with Gasteiger partial charge in [-0.25, -0.2) is 0 Å². The van der Waals surface area contributed by atoms with Crippen LogP contribution in [0.25, 0.3) is 0 Å². The monoisotopic (exact) mass is 274 g/mol. The maximum Gasteiger partial charge on any atom is 0.106 e. The Morgan fingerprint density at radius 3 is 2.00 bits per heavy atom. The Bertz CT molecular complexity index is 569. The number of hydrogen-bond donors (Lipinski definition) is 1. The van der Waals surface area contributed by atoms with Crippen molar-refractivity contribution in [3.8, 4) is 0 Å². The minimum Gasteiger partial charge on any atom is -0.384 e. The predicted molar refractivity (Wildman–Crippen MR) is 80.7 cm³/mol. The molecule has 1 atom stereocenters. The number of rotatable bonds is 2. The number of aliphatic hydroxyl groups is 1. The van der Waals surface area contributed by atoms with Crippen LogP contribution < -0.4 is 0 Å². The zero-order valence-electron chi connectivity index (χ0n) is 11.5. The SMILES string of the molecule is CC(C)(C)c1ccccc1C(O)c1ccccc1Cl. The Hall–Kier alpha value is -1.31. The molecule has 0 amide bonds. The first kappa shape index (κ1) is 14.1. The largest absolute Gasteiger partial charge is 0.384 e. The van der Waals surface area contributed by atoms with Gasteiger partial charge in [0.15, 0.2) is 0 Å². The molecule has 0 aliphatic heterocycles. The molecule has 0 saturated carbocycles. The van der Waals surface area contributed by atoms with Crippen LogP contribution in [0.5, 0.6) is 0 Å². The first-order chi connectivity index (χ1) is 8.91. The summed E-state index contributed by atoms with van der Waals surface area (Å²) in [5.41, 5.74) is 2.80. The standard InChI is InChI=1S/C17H19ClO/c1-17(2,3)14-10-6-4-8-12(14)16(19)13-9-5-7-11-15(13)18/h4-11,16,19H,1-3H3. The summed E-state index contributed by atoms with van der Waals surface area (Å²) in [4.78, 5) is 0. The van der Waals surface area contributed by atoms with Gasteiger partial charge in [0.05, 0.1) is 0 Å². The van der Waals surface area contributed by atoms with Gasteiger partial charge in [-0.1, -0.05) is 74.8 Å². The smallest absolute Gasteiger partial charge is 0.106 e. The Balaban J connectivity index is 2.51. The van der Waals surface area contributed by atoms with E-state index < -0.39 is 6.10 Å². The number of benzene rings is 2. The fourth-order valence-corrected chi connectivity index (χ4v) is 2.52. The van der Waals surface area contributed by atoms with Crippen LogP contribution in [0.2, 0.25) is 5.02 Å². The number of aliphatic hydroxyl groups excluding tert-OH is 1. The molecule has 0 spiro atoms. The lowest BCUT2D eigenvalue weighted by Gasteiger charge is -2.25. The minimum absolute atomic E-state index is 0.0150. The highest BCUT2D eigenvalue weighted by molar-refractivity contribution is 6.31. The van der Waals surface area contributed by atoms with Gasteiger partial charge in [-0.3, -0.25) is 0 Å². The lowest BCUT2D eigenvalue weighted by molar-refractivity contribution is 0.217. The van der Waals surface area contributed by atoms with Crippen LogP contribution in [-0.2, 0) is 5.41 Å². The highest BCUT2D eigenvalue weighted by atomic mass is 35.5. The summed E-state index contributed by atoms with van der Waals surface area (Å²) in [5, 5.41) is 11.2. The van der Waals surface area contributed by atoms with E-state index in [4.69, 9.17) is 11.6 Å². The zero-order chi connectivity index (χ0) is 14.0. The van der Waals surface area contributed by atoms with Gasteiger partial charge in [-0.15, -0.1) is 0 Å². The Labute approximate surface area is 119 Å². The Morgan fingerprint density at radius 2 is 1.42 bits per heavy atom. The van der Waals surface area contributed by atoms with E-state index in [2.05, 4.69) is 26.8 Å². The average Bonchev–Trinajstić information content (AvgIpc) is 2.37. The molecular formula is C17H19ClO. The van der Waals surface area contributed by atoms with Crippen molar-refractivity contribution in [1.29, 1.82) is 0 Å². The van der Waals surface area contributed by atoms with Crippen molar-refractivity contribution in [2.24, 2.45) is 0 Å². The van der Waals surface area contributed by atoms with Gasteiger partial charge in [0.2, 0.25) is 0 Å². The highest BCUT2D eigenvalue weighted by Crippen LogP contribution is 2.34. The summed E-state index contributed by atoms with van der Waals surface area (Å²) < 4.78 is 0. The molecule has 2 aromatic rings. The fourth-order valence-electron chi connectivity index (χ4n) is 2.28. The van der Waals surface area contributed by atoms with Crippen molar-refractivity contribution in [3.05, 3.63) is 70.2 Å². The Kier molecular flexibility index (Phi) is 3.98. The molecule has 2 aromatic carbocycles. The molecule has 0 fully saturated rings. The number of halogens is 1. The van der Waals surface area contributed by atoms with Gasteiger partial charge in [0, 0.05) is 10.6 Å². The molecule has 0 radical (unpaired) electrons. The topological polar surface area (TPSA) is 20.2 Å². The predicted octanol–water partition coefficient (Wildman–Crippen LogP) is 4.72. The lowest BCUT2D eigenvalue weighted by Crippen LogP contribution is -2.16. The molecule has 0 bridgehead atoms. The van der Waals surface area contributed by atoms with Crippen LogP contribution in [-0.4, -0.2) is 5.11 Å². The maximum absolute atomic E-state index is 10.6. The van der Waals surface area contributed by atoms with Gasteiger partial charge in [-0.05, 0) is 22.6 Å². The van der Waals surface area contributed by atoms with E-state index in [1.807, 2.05) is 36.4 Å². The molecule has 100 valence electrons. The summed E-state index contributed by atoms with van der Waals surface area (Å²) >= 11 is 6.18. The Morgan fingerprint density at radius 1 is 0.895 bits per heavy atom. The summed E-state index contributed by atoms with van der Waals surface area (Å²) in [6.07, 6.45) is -0.691. The molecule has 0 heterocycles. The van der Waals surface area contributed by atoms with E-state index in [-0.39, 0.29) is 5.41 Å². The van der Waals surface area contributed by atoms with Gasteiger partial charge < -0.3 is 5.11 Å². The van der Waals surface area contributed by atoms with Gasteiger partial charge >= 0.3 is 0 Å². The normalized spacial score (nSPS) is 13.3. The molecule has 1 nitrogen and oxygen atoms in total. The second-order valence-corrected chi connectivity index (χ2v) is 6.17. The van der Waals surface area contributed by atoms with Crippen molar-refractivity contribution in [2.45, 2.75) is 32.3 Å². The van der Waals surface area contributed by atoms with Crippen LogP contribution in [0.15, 0.2) is 48.5 Å². The summed E-state index contributed by atoms with van der Waals surface area (Å²) in [5.74, 6) is 0. The minimum atomic E-state index is -0.691. The van der Waals surface area contributed by atoms with Crippen molar-refractivity contribution in [3.63, 3.8) is 0 Å².